The molecule has 0 fully saturated rings. The van der Waals surface area contributed by atoms with E-state index >= 15 is 0 Å². The van der Waals surface area contributed by atoms with E-state index in [-0.39, 0.29) is 22.1 Å². The van der Waals surface area contributed by atoms with E-state index in [4.69, 9.17) is 23.2 Å². The number of ketones is 2. The van der Waals surface area contributed by atoms with E-state index in [1.165, 1.54) is 21.6 Å². The van der Waals surface area contributed by atoms with Gasteiger partial charge < -0.3 is 0 Å². The summed E-state index contributed by atoms with van der Waals surface area (Å²) in [6.45, 7) is 3.11. The maximum Gasteiger partial charge on any atom is 0.148 e. The molecule has 2 unspecified atom stereocenters. The number of Topliss-reactive ketones (excluding diaryl/α,β-unsaturated/α-hetero) is 2. The highest BCUT2D eigenvalue weighted by atomic mass is 35.5. The lowest BCUT2D eigenvalue weighted by Crippen LogP contribution is -2.07. The summed E-state index contributed by atoms with van der Waals surface area (Å²) in [6, 6.07) is 14.4. The fraction of sp³-hybridized carbons (Fsp3) is 0.222. The van der Waals surface area contributed by atoms with Crippen LogP contribution in [-0.2, 0) is 9.59 Å². The molecule has 0 spiro atoms. The Labute approximate surface area is 159 Å². The van der Waals surface area contributed by atoms with Crippen LogP contribution in [0, 0.1) is 0 Å². The maximum absolute atomic E-state index is 12.0. The van der Waals surface area contributed by atoms with Crippen LogP contribution in [0.15, 0.2) is 48.5 Å². The Morgan fingerprint density at radius 3 is 1.25 bits per heavy atom. The minimum absolute atomic E-state index is 0.0354. The Hall–Kier alpha value is -0.940. The third-order valence-electron chi connectivity index (χ3n) is 3.33. The van der Waals surface area contributed by atoms with Gasteiger partial charge in [0.2, 0.25) is 0 Å². The molecule has 0 N–H and O–H groups in total. The average Bonchev–Trinajstić information content (AvgIpc) is 2.53. The Morgan fingerprint density at radius 2 is 1.00 bits per heavy atom. The summed E-state index contributed by atoms with van der Waals surface area (Å²) in [6.07, 6.45) is 0. The summed E-state index contributed by atoms with van der Waals surface area (Å²) in [5.74, 6) is 0.0708. The van der Waals surface area contributed by atoms with E-state index in [2.05, 4.69) is 0 Å². The molecular formula is C18H16Cl2O2S2. The first-order valence-corrected chi connectivity index (χ1v) is 10.3. The van der Waals surface area contributed by atoms with Gasteiger partial charge in [-0.15, -0.1) is 0 Å². The van der Waals surface area contributed by atoms with Crippen molar-refractivity contribution in [2.24, 2.45) is 0 Å². The first-order valence-electron chi connectivity index (χ1n) is 7.22. The predicted octanol–water partition coefficient (Wildman–Crippen LogP) is 6.34. The lowest BCUT2D eigenvalue weighted by molar-refractivity contribution is -0.117. The normalized spacial score (nSPS) is 13.3. The van der Waals surface area contributed by atoms with Gasteiger partial charge >= 0.3 is 0 Å². The van der Waals surface area contributed by atoms with Crippen molar-refractivity contribution in [3.8, 4) is 0 Å². The zero-order valence-corrected chi connectivity index (χ0v) is 16.3. The molecule has 0 aromatic heterocycles. The van der Waals surface area contributed by atoms with Gasteiger partial charge in [-0.3, -0.25) is 9.59 Å². The highest BCUT2D eigenvalue weighted by Crippen LogP contribution is 2.47. The topological polar surface area (TPSA) is 34.1 Å². The van der Waals surface area contributed by atoms with Gasteiger partial charge in [-0.25, -0.2) is 0 Å². The Morgan fingerprint density at radius 1 is 0.708 bits per heavy atom. The molecule has 126 valence electrons. The molecule has 2 rings (SSSR count). The smallest absolute Gasteiger partial charge is 0.148 e. The Balaban J connectivity index is 2.16. The summed E-state index contributed by atoms with van der Waals surface area (Å²) >= 11 is 11.8. The molecular weight excluding hydrogens is 383 g/mol. The molecule has 2 atom stereocenters. The number of rotatable bonds is 7. The average molecular weight is 399 g/mol. The molecule has 0 aliphatic carbocycles. The molecule has 0 aliphatic rings. The van der Waals surface area contributed by atoms with Crippen molar-refractivity contribution in [2.75, 3.05) is 0 Å². The molecule has 0 saturated heterocycles. The van der Waals surface area contributed by atoms with Crippen molar-refractivity contribution in [1.29, 1.82) is 0 Å². The van der Waals surface area contributed by atoms with Gasteiger partial charge in [0.05, 0.1) is 10.5 Å². The second kappa shape index (κ2) is 8.95. The van der Waals surface area contributed by atoms with Crippen molar-refractivity contribution >= 4 is 56.4 Å². The van der Waals surface area contributed by atoms with Gasteiger partial charge in [-0.1, -0.05) is 69.1 Å². The maximum atomic E-state index is 12.0. The van der Waals surface area contributed by atoms with Crippen molar-refractivity contribution in [3.63, 3.8) is 0 Å². The van der Waals surface area contributed by atoms with Gasteiger partial charge in [0.25, 0.3) is 0 Å². The van der Waals surface area contributed by atoms with Crippen molar-refractivity contribution in [2.45, 2.75) is 24.3 Å². The minimum atomic E-state index is -0.346. The number of hydrogen-bond acceptors (Lipinski definition) is 4. The van der Waals surface area contributed by atoms with Crippen LogP contribution in [0.4, 0.5) is 0 Å². The van der Waals surface area contributed by atoms with Gasteiger partial charge in [0, 0.05) is 10.0 Å². The highest BCUT2D eigenvalue weighted by molar-refractivity contribution is 8.77. The number of carbonyl (C=O) groups excluding carboxylic acids is 2. The number of halogens is 2. The minimum Gasteiger partial charge on any atom is -0.298 e. The van der Waals surface area contributed by atoms with E-state index in [1.807, 2.05) is 24.3 Å². The Bertz CT molecular complexity index is 651. The van der Waals surface area contributed by atoms with Gasteiger partial charge in [0.15, 0.2) is 0 Å². The molecule has 0 amide bonds. The van der Waals surface area contributed by atoms with E-state index in [0.717, 1.165) is 11.1 Å². The zero-order chi connectivity index (χ0) is 17.7. The molecule has 0 saturated carbocycles. The predicted molar refractivity (Wildman–Crippen MR) is 105 cm³/mol. The summed E-state index contributed by atoms with van der Waals surface area (Å²) in [7, 11) is 2.79. The van der Waals surface area contributed by atoms with E-state index in [1.54, 1.807) is 38.1 Å². The molecule has 6 heteroatoms. The molecule has 0 radical (unpaired) electrons. The summed E-state index contributed by atoms with van der Waals surface area (Å²) in [5, 5.41) is 0.561. The van der Waals surface area contributed by atoms with E-state index in [9.17, 15) is 9.59 Å². The molecule has 0 heterocycles. The SMILES string of the molecule is CC(=O)C(SSC(C(C)=O)c1ccc(Cl)cc1)c1ccc(Cl)cc1. The van der Waals surface area contributed by atoms with Gasteiger partial charge in [-0.05, 0) is 49.2 Å². The standard InChI is InChI=1S/C18H16Cl2O2S2/c1-11(21)17(13-3-7-15(19)8-4-13)23-24-18(12(2)22)14-5-9-16(20)10-6-14/h3-10,17-18H,1-2H3. The lowest BCUT2D eigenvalue weighted by atomic mass is 10.1. The third-order valence-corrected chi connectivity index (χ3v) is 7.03. The summed E-state index contributed by atoms with van der Waals surface area (Å²) in [5.41, 5.74) is 1.76. The second-order valence-corrected chi connectivity index (χ2v) is 8.63. The lowest BCUT2D eigenvalue weighted by Gasteiger charge is -2.18. The second-order valence-electron chi connectivity index (χ2n) is 5.28. The quantitative estimate of drug-likeness (QED) is 0.509. The summed E-state index contributed by atoms with van der Waals surface area (Å²) < 4.78 is 0. The van der Waals surface area contributed by atoms with E-state index in [0.29, 0.717) is 10.0 Å². The van der Waals surface area contributed by atoms with Gasteiger partial charge in [0.1, 0.15) is 11.6 Å². The van der Waals surface area contributed by atoms with Gasteiger partial charge in [-0.2, -0.15) is 0 Å². The van der Waals surface area contributed by atoms with Crippen LogP contribution in [0.2, 0.25) is 10.0 Å². The highest BCUT2D eigenvalue weighted by Gasteiger charge is 2.24. The number of hydrogen-bond donors (Lipinski definition) is 0. The van der Waals surface area contributed by atoms with Crippen LogP contribution in [0.25, 0.3) is 0 Å². The molecule has 0 aliphatic heterocycles. The van der Waals surface area contributed by atoms with Crippen molar-refractivity contribution in [1.82, 2.24) is 0 Å². The fourth-order valence-electron chi connectivity index (χ4n) is 2.10. The van der Waals surface area contributed by atoms with Crippen LogP contribution >= 0.6 is 44.8 Å². The molecule has 2 nitrogen and oxygen atoms in total. The Kier molecular flexibility index (Phi) is 7.23. The molecule has 2 aromatic rings. The first kappa shape index (κ1) is 19.4. The first-order chi connectivity index (χ1) is 11.4. The molecule has 0 bridgehead atoms. The number of benzene rings is 2. The zero-order valence-electron chi connectivity index (χ0n) is 13.2. The fourth-order valence-corrected chi connectivity index (χ4v) is 5.53. The monoisotopic (exact) mass is 398 g/mol. The third kappa shape index (κ3) is 5.28. The van der Waals surface area contributed by atoms with Crippen molar-refractivity contribution < 1.29 is 9.59 Å². The van der Waals surface area contributed by atoms with Crippen LogP contribution in [-0.4, -0.2) is 11.6 Å². The van der Waals surface area contributed by atoms with Crippen LogP contribution in [0.1, 0.15) is 35.5 Å². The van der Waals surface area contributed by atoms with Crippen LogP contribution in [0.3, 0.4) is 0 Å². The van der Waals surface area contributed by atoms with Crippen LogP contribution in [0.5, 0.6) is 0 Å². The van der Waals surface area contributed by atoms with E-state index < -0.39 is 0 Å². The molecule has 2 aromatic carbocycles. The summed E-state index contributed by atoms with van der Waals surface area (Å²) in [4.78, 5) is 24.0. The largest absolute Gasteiger partial charge is 0.298 e. The van der Waals surface area contributed by atoms with Crippen molar-refractivity contribution in [3.05, 3.63) is 69.7 Å². The molecule has 24 heavy (non-hydrogen) atoms. The van der Waals surface area contributed by atoms with Crippen LogP contribution < -0.4 is 0 Å². The number of carbonyl (C=O) groups is 2.